The molecule has 1 aliphatic rings. The molecule has 0 radical (unpaired) electrons. The van der Waals surface area contributed by atoms with Gasteiger partial charge in [-0.15, -0.1) is 0 Å². The lowest BCUT2D eigenvalue weighted by Crippen LogP contribution is -2.52. The first-order valence-electron chi connectivity index (χ1n) is 5.26. The molecule has 2 heterocycles. The number of aliphatic hydroxyl groups is 3. The van der Waals surface area contributed by atoms with E-state index in [1.54, 1.807) is 0 Å². The van der Waals surface area contributed by atoms with E-state index < -0.39 is 46.4 Å². The third-order valence-corrected chi connectivity index (χ3v) is 3.99. The van der Waals surface area contributed by atoms with Crippen LogP contribution in [0.5, 0.6) is 0 Å². The van der Waals surface area contributed by atoms with Gasteiger partial charge < -0.3 is 25.8 Å². The van der Waals surface area contributed by atoms with Gasteiger partial charge in [0, 0.05) is 0 Å². The number of nitrogen functional groups attached to an aromatic ring is 1. The van der Waals surface area contributed by atoms with Crippen LogP contribution in [-0.4, -0.2) is 47.7 Å². The number of ether oxygens (including phenoxy) is 1. The minimum absolute atomic E-state index is 0.474. The van der Waals surface area contributed by atoms with Crippen LogP contribution in [0, 0.1) is 5.82 Å². The third kappa shape index (κ3) is 2.07. The molecule has 112 valence electrons. The number of aliphatic hydroxyl groups excluding tert-OH is 1. The van der Waals surface area contributed by atoms with Crippen LogP contribution in [0.1, 0.15) is 6.23 Å². The van der Waals surface area contributed by atoms with Crippen LogP contribution in [0.3, 0.4) is 0 Å². The molecule has 4 atom stereocenters. The SMILES string of the molecule is Nc1nc(=O)n([C@@H]2O[C@H](CO)[C@](O)(Cl)[C@]2(O)Cl)cc1F. The van der Waals surface area contributed by atoms with Crippen LogP contribution in [0.15, 0.2) is 11.0 Å². The highest BCUT2D eigenvalue weighted by molar-refractivity contribution is 6.34. The van der Waals surface area contributed by atoms with Gasteiger partial charge in [-0.25, -0.2) is 9.18 Å². The Labute approximate surface area is 121 Å². The topological polar surface area (TPSA) is 131 Å². The smallest absolute Gasteiger partial charge is 0.351 e. The molecule has 1 aromatic rings. The van der Waals surface area contributed by atoms with E-state index in [0.29, 0.717) is 10.8 Å². The molecule has 0 aromatic carbocycles. The summed E-state index contributed by atoms with van der Waals surface area (Å²) < 4.78 is 18.8. The zero-order chi connectivity index (χ0) is 15.3. The van der Waals surface area contributed by atoms with Crippen molar-refractivity contribution in [1.29, 1.82) is 0 Å². The van der Waals surface area contributed by atoms with Gasteiger partial charge in [0.25, 0.3) is 0 Å². The third-order valence-electron chi connectivity index (χ3n) is 2.89. The van der Waals surface area contributed by atoms with Gasteiger partial charge in [0.15, 0.2) is 17.9 Å². The molecule has 0 amide bonds. The number of nitrogens with two attached hydrogens (primary N) is 1. The van der Waals surface area contributed by atoms with Crippen LogP contribution in [0.4, 0.5) is 10.2 Å². The maximum atomic E-state index is 13.4. The first-order valence-corrected chi connectivity index (χ1v) is 6.01. The molecule has 0 aliphatic carbocycles. The number of halogens is 3. The van der Waals surface area contributed by atoms with Crippen molar-refractivity contribution >= 4 is 29.0 Å². The van der Waals surface area contributed by atoms with Gasteiger partial charge >= 0.3 is 5.69 Å². The molecule has 5 N–H and O–H groups in total. The summed E-state index contributed by atoms with van der Waals surface area (Å²) >= 11 is 11.3. The van der Waals surface area contributed by atoms with Gasteiger partial charge in [-0.05, 0) is 0 Å². The summed E-state index contributed by atoms with van der Waals surface area (Å²) in [5.41, 5.74) is 4.03. The molecule has 0 bridgehead atoms. The largest absolute Gasteiger partial charge is 0.394 e. The number of nitrogens with zero attached hydrogens (tertiary/aromatic N) is 2. The summed E-state index contributed by atoms with van der Waals surface area (Å²) in [5, 5.41) is 23.6. The standard InChI is InChI=1S/C9H10Cl2FN3O5/c10-8(18)4(2-16)20-6(9(8,11)19)15-1-3(12)5(13)14-7(15)17/h1,4,6,16,18-19H,2H2,(H2,13,14,17)/t4-,6-,8-,9+/m1/s1. The van der Waals surface area contributed by atoms with E-state index in [-0.39, 0.29) is 0 Å². The number of aromatic nitrogens is 2. The molecule has 20 heavy (non-hydrogen) atoms. The zero-order valence-electron chi connectivity index (χ0n) is 9.70. The lowest BCUT2D eigenvalue weighted by Gasteiger charge is -2.30. The number of hydrogen-bond donors (Lipinski definition) is 4. The number of rotatable bonds is 2. The Morgan fingerprint density at radius 2 is 2.10 bits per heavy atom. The Morgan fingerprint density at radius 1 is 1.50 bits per heavy atom. The molecule has 1 saturated heterocycles. The Bertz CT molecular complexity index is 593. The highest BCUT2D eigenvalue weighted by atomic mass is 35.5. The molecule has 0 unspecified atom stereocenters. The normalized spacial score (nSPS) is 37.3. The van der Waals surface area contributed by atoms with Crippen LogP contribution in [0.25, 0.3) is 0 Å². The van der Waals surface area contributed by atoms with E-state index in [4.69, 9.17) is 38.8 Å². The zero-order valence-corrected chi connectivity index (χ0v) is 11.2. The maximum absolute atomic E-state index is 13.4. The maximum Gasteiger partial charge on any atom is 0.351 e. The van der Waals surface area contributed by atoms with Crippen molar-refractivity contribution in [3.63, 3.8) is 0 Å². The van der Waals surface area contributed by atoms with E-state index in [1.807, 2.05) is 0 Å². The fourth-order valence-corrected chi connectivity index (χ4v) is 2.27. The molecule has 1 aliphatic heterocycles. The fraction of sp³-hybridized carbons (Fsp3) is 0.556. The predicted molar refractivity (Wildman–Crippen MR) is 65.5 cm³/mol. The highest BCUT2D eigenvalue weighted by Gasteiger charge is 2.66. The first kappa shape index (κ1) is 15.4. The molecule has 8 nitrogen and oxygen atoms in total. The van der Waals surface area contributed by atoms with Crippen molar-refractivity contribution in [2.75, 3.05) is 12.3 Å². The summed E-state index contributed by atoms with van der Waals surface area (Å²) in [7, 11) is 0. The van der Waals surface area contributed by atoms with Crippen molar-refractivity contribution in [3.8, 4) is 0 Å². The number of hydrogen-bond acceptors (Lipinski definition) is 7. The number of alkyl halides is 2. The lowest BCUT2D eigenvalue weighted by molar-refractivity contribution is -0.0663. The van der Waals surface area contributed by atoms with Crippen molar-refractivity contribution in [2.45, 2.75) is 22.5 Å². The Hall–Kier alpha value is -0.970. The molecule has 1 fully saturated rings. The molecule has 0 spiro atoms. The lowest BCUT2D eigenvalue weighted by atomic mass is 10.1. The number of anilines is 1. The Kier molecular flexibility index (Phi) is 3.70. The van der Waals surface area contributed by atoms with Crippen molar-refractivity contribution in [1.82, 2.24) is 9.55 Å². The van der Waals surface area contributed by atoms with Crippen molar-refractivity contribution in [3.05, 3.63) is 22.5 Å². The van der Waals surface area contributed by atoms with Gasteiger partial charge in [0.05, 0.1) is 12.8 Å². The summed E-state index contributed by atoms with van der Waals surface area (Å²) in [6, 6.07) is 0. The minimum Gasteiger partial charge on any atom is -0.394 e. The Balaban J connectivity index is 2.54. The van der Waals surface area contributed by atoms with Crippen molar-refractivity contribution in [2.24, 2.45) is 0 Å². The summed E-state index contributed by atoms with van der Waals surface area (Å²) in [6.45, 7) is -0.800. The molecule has 0 saturated carbocycles. The Morgan fingerprint density at radius 3 is 2.60 bits per heavy atom. The van der Waals surface area contributed by atoms with Crippen LogP contribution in [-0.2, 0) is 4.74 Å². The van der Waals surface area contributed by atoms with E-state index in [2.05, 4.69) is 4.98 Å². The molecule has 2 rings (SSSR count). The highest BCUT2D eigenvalue weighted by Crippen LogP contribution is 2.50. The summed E-state index contributed by atoms with van der Waals surface area (Å²) in [4.78, 5) is 14.8. The second kappa shape index (κ2) is 4.79. The van der Waals surface area contributed by atoms with Gasteiger partial charge in [-0.3, -0.25) is 4.57 Å². The van der Waals surface area contributed by atoms with E-state index in [9.17, 15) is 19.4 Å². The van der Waals surface area contributed by atoms with E-state index in [0.717, 1.165) is 0 Å². The fourth-order valence-electron chi connectivity index (χ4n) is 1.77. The van der Waals surface area contributed by atoms with E-state index >= 15 is 0 Å². The molecule has 1 aromatic heterocycles. The van der Waals surface area contributed by atoms with E-state index in [1.165, 1.54) is 0 Å². The van der Waals surface area contributed by atoms with Crippen LogP contribution >= 0.6 is 23.2 Å². The van der Waals surface area contributed by atoms with Gasteiger partial charge in [0.1, 0.15) is 6.10 Å². The van der Waals surface area contributed by atoms with Crippen LogP contribution < -0.4 is 11.4 Å². The molecular weight excluding hydrogens is 320 g/mol. The molecular formula is C9H10Cl2FN3O5. The van der Waals surface area contributed by atoms with Gasteiger partial charge in [0.2, 0.25) is 10.1 Å². The predicted octanol–water partition coefficient (Wildman–Crippen LogP) is -1.29. The second-order valence-corrected chi connectivity index (χ2v) is 5.32. The monoisotopic (exact) mass is 329 g/mol. The molecule has 11 heteroatoms. The minimum atomic E-state index is -2.71. The average molecular weight is 330 g/mol. The van der Waals surface area contributed by atoms with Crippen molar-refractivity contribution < 1.29 is 24.4 Å². The quantitative estimate of drug-likeness (QED) is 0.496. The van der Waals surface area contributed by atoms with Gasteiger partial charge in [-0.1, -0.05) is 23.2 Å². The van der Waals surface area contributed by atoms with Gasteiger partial charge in [-0.2, -0.15) is 4.98 Å². The summed E-state index contributed by atoms with van der Waals surface area (Å²) in [5.74, 6) is -1.71. The first-order chi connectivity index (χ1) is 9.12. The second-order valence-electron chi connectivity index (χ2n) is 4.17. The average Bonchev–Trinajstić information content (AvgIpc) is 2.52. The summed E-state index contributed by atoms with van der Waals surface area (Å²) in [6.07, 6.45) is -2.70. The van der Waals surface area contributed by atoms with Crippen LogP contribution in [0.2, 0.25) is 0 Å².